The summed E-state index contributed by atoms with van der Waals surface area (Å²) in [5.41, 5.74) is 0. The highest BCUT2D eigenvalue weighted by Gasteiger charge is 2.24. The minimum Gasteiger partial charge on any atom is -0.168 e. The van der Waals surface area contributed by atoms with Gasteiger partial charge in [-0.15, -0.1) is 0 Å². The zero-order valence-electron chi connectivity index (χ0n) is 14.3. The Balaban J connectivity index is 0. The van der Waals surface area contributed by atoms with Crippen molar-refractivity contribution in [3.8, 4) is 0 Å². The highest BCUT2D eigenvalue weighted by atomic mass is 35.6. The molecule has 0 aliphatic carbocycles. The van der Waals surface area contributed by atoms with E-state index in [2.05, 4.69) is 52.4 Å². The molecule has 0 saturated carbocycles. The van der Waals surface area contributed by atoms with E-state index in [1.807, 2.05) is 0 Å². The van der Waals surface area contributed by atoms with Gasteiger partial charge >= 0.3 is 0 Å². The van der Waals surface area contributed by atoms with Crippen LogP contribution in [0, 0.1) is 0 Å². The van der Waals surface area contributed by atoms with E-state index in [-0.39, 0.29) is 0 Å². The van der Waals surface area contributed by atoms with E-state index in [0.29, 0.717) is 0 Å². The first kappa shape index (κ1) is 24.3. The molecule has 0 N–H and O–H groups in total. The SMILES string of the molecule is C[Si](C)(Cl)CC[Si](C)(C)Cl.C[Si](C)(Cl)CC[Si](C)(C)Cl. The largest absolute Gasteiger partial charge is 0.168 e. The summed E-state index contributed by atoms with van der Waals surface area (Å²) in [6.07, 6.45) is 0. The summed E-state index contributed by atoms with van der Waals surface area (Å²) < 4.78 is 0. The van der Waals surface area contributed by atoms with Crippen LogP contribution in [0.2, 0.25) is 76.6 Å². The first-order valence-corrected chi connectivity index (χ1v) is 24.0. The molecule has 0 bridgehead atoms. The molecule has 0 atom stereocenters. The minimum atomic E-state index is -1.34. The fourth-order valence-electron chi connectivity index (χ4n) is 1.19. The van der Waals surface area contributed by atoms with E-state index in [0.717, 1.165) is 24.2 Å². The quantitative estimate of drug-likeness (QED) is 0.298. The van der Waals surface area contributed by atoms with Gasteiger partial charge in [0.15, 0.2) is 0 Å². The van der Waals surface area contributed by atoms with Crippen LogP contribution < -0.4 is 0 Å². The third kappa shape index (κ3) is 28.2. The third-order valence-corrected chi connectivity index (χ3v) is 11.7. The van der Waals surface area contributed by atoms with Gasteiger partial charge in [0.1, 0.15) is 29.5 Å². The van der Waals surface area contributed by atoms with Crippen molar-refractivity contribution in [3.63, 3.8) is 0 Å². The van der Waals surface area contributed by atoms with Crippen molar-refractivity contribution in [3.05, 3.63) is 0 Å². The first-order valence-electron chi connectivity index (χ1n) is 7.17. The maximum atomic E-state index is 6.14. The monoisotopic (exact) mass is 428 g/mol. The smallest absolute Gasteiger partial charge is 0.150 e. The molecule has 0 saturated heterocycles. The molecule has 0 rings (SSSR count). The van der Waals surface area contributed by atoms with Gasteiger partial charge in [0.2, 0.25) is 0 Å². The van der Waals surface area contributed by atoms with Gasteiger partial charge in [0, 0.05) is 0 Å². The van der Waals surface area contributed by atoms with Crippen molar-refractivity contribution >= 4 is 73.9 Å². The minimum absolute atomic E-state index is 1.16. The average Bonchev–Trinajstić information content (AvgIpc) is 2.09. The molecule has 0 radical (unpaired) electrons. The van der Waals surface area contributed by atoms with Gasteiger partial charge in [-0.1, -0.05) is 52.4 Å². The van der Waals surface area contributed by atoms with Crippen molar-refractivity contribution < 1.29 is 0 Å². The molecule has 20 heavy (non-hydrogen) atoms. The Morgan fingerprint density at radius 1 is 0.400 bits per heavy atom. The second kappa shape index (κ2) is 9.35. The molecule has 0 heterocycles. The molecular weight excluding hydrogens is 398 g/mol. The number of rotatable bonds is 6. The maximum absolute atomic E-state index is 6.14. The lowest BCUT2D eigenvalue weighted by Gasteiger charge is -2.17. The summed E-state index contributed by atoms with van der Waals surface area (Å²) in [7, 11) is -5.38. The van der Waals surface area contributed by atoms with Gasteiger partial charge in [0.25, 0.3) is 0 Å². The topological polar surface area (TPSA) is 0 Å². The molecule has 0 nitrogen and oxygen atoms in total. The van der Waals surface area contributed by atoms with E-state index >= 15 is 0 Å². The molecule has 0 unspecified atom stereocenters. The highest BCUT2D eigenvalue weighted by Crippen LogP contribution is 2.25. The number of halogens is 4. The molecule has 0 amide bonds. The van der Waals surface area contributed by atoms with E-state index in [1.165, 1.54) is 0 Å². The molecule has 8 heteroatoms. The second-order valence-corrected chi connectivity index (χ2v) is 35.9. The summed E-state index contributed by atoms with van der Waals surface area (Å²) in [6, 6.07) is 4.66. The summed E-state index contributed by atoms with van der Waals surface area (Å²) in [5, 5.41) is 0. The van der Waals surface area contributed by atoms with Crippen LogP contribution >= 0.6 is 44.3 Å². The van der Waals surface area contributed by atoms with Crippen LogP contribution in [0.15, 0.2) is 0 Å². The van der Waals surface area contributed by atoms with Crippen molar-refractivity contribution in [2.24, 2.45) is 0 Å². The van der Waals surface area contributed by atoms with Crippen LogP contribution in [0.5, 0.6) is 0 Å². The van der Waals surface area contributed by atoms with E-state index in [9.17, 15) is 0 Å². The van der Waals surface area contributed by atoms with Crippen LogP contribution in [0.3, 0.4) is 0 Å². The predicted molar refractivity (Wildman–Crippen MR) is 113 cm³/mol. The predicted octanol–water partition coefficient (Wildman–Crippen LogP) is 7.75. The third-order valence-electron chi connectivity index (χ3n) is 2.63. The molecule has 124 valence electrons. The lowest BCUT2D eigenvalue weighted by molar-refractivity contribution is 1.33. The molecule has 0 aromatic carbocycles. The van der Waals surface area contributed by atoms with Gasteiger partial charge in [0.05, 0.1) is 0 Å². The van der Waals surface area contributed by atoms with Crippen LogP contribution in [-0.2, 0) is 0 Å². The van der Waals surface area contributed by atoms with Gasteiger partial charge in [-0.2, -0.15) is 44.3 Å². The van der Waals surface area contributed by atoms with Crippen LogP contribution in [0.4, 0.5) is 0 Å². The fraction of sp³-hybridized carbons (Fsp3) is 1.00. The standard InChI is InChI=1S/2C6H16Cl2Si2/c2*1-9(2,7)5-6-10(3,4)8/h2*5-6H2,1-4H3. The molecule has 0 aromatic heterocycles. The Kier molecular flexibility index (Phi) is 11.4. The first-order chi connectivity index (χ1) is 8.41. The van der Waals surface area contributed by atoms with Gasteiger partial charge in [-0.3, -0.25) is 0 Å². The molecule has 0 aromatic rings. The molecule has 0 spiro atoms. The van der Waals surface area contributed by atoms with Gasteiger partial charge < -0.3 is 0 Å². The van der Waals surface area contributed by atoms with Gasteiger partial charge in [-0.25, -0.2) is 0 Å². The molecular formula is C12H32Cl4Si4. The number of hydrogen-bond donors (Lipinski definition) is 0. The lowest BCUT2D eigenvalue weighted by atomic mass is 10.9. The van der Waals surface area contributed by atoms with Gasteiger partial charge in [-0.05, 0) is 24.2 Å². The Bertz CT molecular complexity index is 203. The van der Waals surface area contributed by atoms with E-state index in [1.54, 1.807) is 0 Å². The van der Waals surface area contributed by atoms with Crippen LogP contribution in [-0.4, -0.2) is 29.5 Å². The van der Waals surface area contributed by atoms with E-state index < -0.39 is 29.5 Å². The van der Waals surface area contributed by atoms with Crippen LogP contribution in [0.1, 0.15) is 0 Å². The normalized spacial score (nSPS) is 13.8. The Morgan fingerprint density at radius 3 is 0.550 bits per heavy atom. The molecule has 0 aliphatic rings. The second-order valence-electron chi connectivity index (χ2n) is 7.87. The van der Waals surface area contributed by atoms with Crippen molar-refractivity contribution in [1.29, 1.82) is 0 Å². The Morgan fingerprint density at radius 2 is 0.500 bits per heavy atom. The zero-order valence-corrected chi connectivity index (χ0v) is 21.4. The zero-order chi connectivity index (χ0) is 16.8. The molecule has 0 fully saturated rings. The fourth-order valence-corrected chi connectivity index (χ4v) is 14.1. The highest BCUT2D eigenvalue weighted by molar-refractivity contribution is 7.23. The molecule has 0 aliphatic heterocycles. The summed E-state index contributed by atoms with van der Waals surface area (Å²) in [6.45, 7) is 17.4. The summed E-state index contributed by atoms with van der Waals surface area (Å²) in [5.74, 6) is 0. The summed E-state index contributed by atoms with van der Waals surface area (Å²) in [4.78, 5) is 0. The lowest BCUT2D eigenvalue weighted by Crippen LogP contribution is -2.23. The maximum Gasteiger partial charge on any atom is 0.150 e. The average molecular weight is 431 g/mol. The van der Waals surface area contributed by atoms with E-state index in [4.69, 9.17) is 44.3 Å². The number of hydrogen-bond acceptors (Lipinski definition) is 0. The Labute approximate surface area is 149 Å². The summed E-state index contributed by atoms with van der Waals surface area (Å²) >= 11 is 24.6. The van der Waals surface area contributed by atoms with Crippen molar-refractivity contribution in [2.75, 3.05) is 0 Å². The Hall–Kier alpha value is 2.03. The van der Waals surface area contributed by atoms with Crippen molar-refractivity contribution in [2.45, 2.75) is 76.6 Å². The van der Waals surface area contributed by atoms with Crippen molar-refractivity contribution in [1.82, 2.24) is 0 Å². The van der Waals surface area contributed by atoms with Crippen LogP contribution in [0.25, 0.3) is 0 Å².